The second kappa shape index (κ2) is 4.97. The average Bonchev–Trinajstić information content (AvgIpc) is 2.34. The van der Waals surface area contributed by atoms with Crippen molar-refractivity contribution < 1.29 is 17.2 Å². The molecule has 2 aromatic carbocycles. The van der Waals surface area contributed by atoms with Gasteiger partial charge in [0.15, 0.2) is 0 Å². The summed E-state index contributed by atoms with van der Waals surface area (Å²) >= 11 is 0. The van der Waals surface area contributed by atoms with Crippen LogP contribution in [0.15, 0.2) is 47.4 Å². The minimum atomic E-state index is -4.07. The summed E-state index contributed by atoms with van der Waals surface area (Å²) in [5.74, 6) is -1.43. The molecule has 0 aliphatic heterocycles. The minimum Gasteiger partial charge on any atom is -0.279 e. The Labute approximate surface area is 109 Å². The summed E-state index contributed by atoms with van der Waals surface area (Å²) in [7, 11) is -4.07. The third kappa shape index (κ3) is 2.90. The van der Waals surface area contributed by atoms with Gasteiger partial charge in [-0.15, -0.1) is 0 Å². The molecule has 2 rings (SSSR count). The first-order chi connectivity index (χ1) is 8.90. The van der Waals surface area contributed by atoms with E-state index in [1.807, 2.05) is 0 Å². The molecule has 0 radical (unpaired) electrons. The van der Waals surface area contributed by atoms with Crippen LogP contribution >= 0.6 is 0 Å². The largest absolute Gasteiger partial charge is 0.279 e. The molecule has 3 nitrogen and oxygen atoms in total. The van der Waals surface area contributed by atoms with Crippen molar-refractivity contribution in [3.05, 3.63) is 59.7 Å². The van der Waals surface area contributed by atoms with Crippen LogP contribution in [0.4, 0.5) is 14.5 Å². The van der Waals surface area contributed by atoms with Gasteiger partial charge in [0.2, 0.25) is 0 Å². The molecule has 0 aromatic heterocycles. The average molecular weight is 283 g/mol. The van der Waals surface area contributed by atoms with Crippen molar-refractivity contribution in [1.82, 2.24) is 0 Å². The molecule has 0 aliphatic rings. The summed E-state index contributed by atoms with van der Waals surface area (Å²) in [6, 6.07) is 8.70. The van der Waals surface area contributed by atoms with Crippen LogP contribution < -0.4 is 4.72 Å². The summed E-state index contributed by atoms with van der Waals surface area (Å²) in [5.41, 5.74) is 0.629. The predicted molar refractivity (Wildman–Crippen MR) is 68.3 cm³/mol. The number of hydrogen-bond donors (Lipinski definition) is 1. The van der Waals surface area contributed by atoms with Gasteiger partial charge in [0, 0.05) is 0 Å². The first-order valence-corrected chi connectivity index (χ1v) is 6.92. The van der Waals surface area contributed by atoms with Crippen LogP contribution in [-0.2, 0) is 10.0 Å². The number of benzene rings is 2. The van der Waals surface area contributed by atoms with E-state index >= 15 is 0 Å². The molecule has 2 aromatic rings. The summed E-state index contributed by atoms with van der Waals surface area (Å²) in [6.45, 7) is 1.62. The molecule has 0 aliphatic carbocycles. The van der Waals surface area contributed by atoms with Gasteiger partial charge in [-0.2, -0.15) is 0 Å². The molecule has 0 unspecified atom stereocenters. The van der Waals surface area contributed by atoms with E-state index in [9.17, 15) is 17.2 Å². The molecule has 0 spiro atoms. The fourth-order valence-corrected chi connectivity index (χ4v) is 2.77. The van der Waals surface area contributed by atoms with Crippen molar-refractivity contribution in [3.8, 4) is 0 Å². The third-order valence-corrected chi connectivity index (χ3v) is 3.97. The molecule has 0 saturated carbocycles. The number of halogens is 2. The molecule has 0 heterocycles. The number of rotatable bonds is 3. The van der Waals surface area contributed by atoms with Crippen LogP contribution in [0.3, 0.4) is 0 Å². The lowest BCUT2D eigenvalue weighted by Crippen LogP contribution is -2.15. The Hall–Kier alpha value is -1.95. The Balaban J connectivity index is 2.43. The number of aryl methyl sites for hydroxylation is 1. The molecule has 1 N–H and O–H groups in total. The fourth-order valence-electron chi connectivity index (χ4n) is 1.57. The van der Waals surface area contributed by atoms with Crippen molar-refractivity contribution in [2.24, 2.45) is 0 Å². The van der Waals surface area contributed by atoms with Crippen LogP contribution in [0.1, 0.15) is 5.56 Å². The van der Waals surface area contributed by atoms with E-state index in [2.05, 4.69) is 4.72 Å². The van der Waals surface area contributed by atoms with Gasteiger partial charge in [-0.3, -0.25) is 4.72 Å². The van der Waals surface area contributed by atoms with Gasteiger partial charge < -0.3 is 0 Å². The van der Waals surface area contributed by atoms with E-state index < -0.39 is 26.6 Å². The first kappa shape index (κ1) is 13.5. The lowest BCUT2D eigenvalue weighted by molar-refractivity contribution is 0.570. The Morgan fingerprint density at radius 2 is 1.74 bits per heavy atom. The van der Waals surface area contributed by atoms with Crippen molar-refractivity contribution in [3.63, 3.8) is 0 Å². The molecular formula is C13H11F2NO2S. The summed E-state index contributed by atoms with van der Waals surface area (Å²) in [5, 5.41) is 0. The van der Waals surface area contributed by atoms with Crippen molar-refractivity contribution in [1.29, 1.82) is 0 Å². The molecule has 100 valence electrons. The van der Waals surface area contributed by atoms with E-state index in [0.29, 0.717) is 5.56 Å². The van der Waals surface area contributed by atoms with Gasteiger partial charge in [0.1, 0.15) is 16.5 Å². The summed E-state index contributed by atoms with van der Waals surface area (Å²) in [4.78, 5) is -0.473. The maximum Gasteiger partial charge on any atom is 0.264 e. The quantitative estimate of drug-likeness (QED) is 0.941. The molecule has 0 atom stereocenters. The molecule has 0 saturated heterocycles. The zero-order valence-electron chi connectivity index (χ0n) is 10.0. The highest BCUT2D eigenvalue weighted by atomic mass is 32.2. The van der Waals surface area contributed by atoms with Gasteiger partial charge in [0.25, 0.3) is 10.0 Å². The number of anilines is 1. The van der Waals surface area contributed by atoms with Crippen LogP contribution in [-0.4, -0.2) is 8.42 Å². The summed E-state index contributed by atoms with van der Waals surface area (Å²) < 4.78 is 52.8. The Morgan fingerprint density at radius 1 is 1.05 bits per heavy atom. The smallest absolute Gasteiger partial charge is 0.264 e. The van der Waals surface area contributed by atoms with Crippen molar-refractivity contribution in [2.75, 3.05) is 4.72 Å². The summed E-state index contributed by atoms with van der Waals surface area (Å²) in [6.07, 6.45) is 0. The normalized spacial score (nSPS) is 11.3. The highest BCUT2D eigenvalue weighted by Gasteiger charge is 2.19. The number of hydrogen-bond acceptors (Lipinski definition) is 2. The topological polar surface area (TPSA) is 46.2 Å². The van der Waals surface area contributed by atoms with Crippen LogP contribution in [0, 0.1) is 18.6 Å². The van der Waals surface area contributed by atoms with Crippen molar-refractivity contribution in [2.45, 2.75) is 11.8 Å². The van der Waals surface area contributed by atoms with Crippen LogP contribution in [0.5, 0.6) is 0 Å². The molecule has 0 amide bonds. The van der Waals surface area contributed by atoms with Crippen LogP contribution in [0.2, 0.25) is 0 Å². The van der Waals surface area contributed by atoms with E-state index in [1.165, 1.54) is 24.3 Å². The van der Waals surface area contributed by atoms with E-state index in [0.717, 1.165) is 18.2 Å². The second-order valence-corrected chi connectivity index (χ2v) is 5.65. The van der Waals surface area contributed by atoms with E-state index in [4.69, 9.17) is 0 Å². The predicted octanol–water partition coefficient (Wildman–Crippen LogP) is 3.07. The Kier molecular flexibility index (Phi) is 3.53. The second-order valence-electron chi connectivity index (χ2n) is 4.00. The van der Waals surface area contributed by atoms with Gasteiger partial charge in [-0.05, 0) is 36.8 Å². The zero-order chi connectivity index (χ0) is 14.0. The first-order valence-electron chi connectivity index (χ1n) is 5.43. The SMILES string of the molecule is Cc1ccc(F)cc1NS(=O)(=O)c1ccccc1F. The molecule has 0 fully saturated rings. The molecule has 19 heavy (non-hydrogen) atoms. The maximum absolute atomic E-state index is 13.5. The number of nitrogens with one attached hydrogen (secondary N) is 1. The van der Waals surface area contributed by atoms with E-state index in [1.54, 1.807) is 6.92 Å². The maximum atomic E-state index is 13.5. The number of sulfonamides is 1. The minimum absolute atomic E-state index is 0.0863. The third-order valence-electron chi connectivity index (χ3n) is 2.57. The Morgan fingerprint density at radius 3 is 2.42 bits per heavy atom. The monoisotopic (exact) mass is 283 g/mol. The van der Waals surface area contributed by atoms with Crippen molar-refractivity contribution >= 4 is 15.7 Å². The van der Waals surface area contributed by atoms with Gasteiger partial charge in [-0.1, -0.05) is 18.2 Å². The fraction of sp³-hybridized carbons (Fsp3) is 0.0769. The highest BCUT2D eigenvalue weighted by Crippen LogP contribution is 2.22. The lowest BCUT2D eigenvalue weighted by atomic mass is 10.2. The molecule has 0 bridgehead atoms. The van der Waals surface area contributed by atoms with Gasteiger partial charge in [0.05, 0.1) is 5.69 Å². The molecule has 6 heteroatoms. The lowest BCUT2D eigenvalue weighted by Gasteiger charge is -2.11. The molecular weight excluding hydrogens is 272 g/mol. The Bertz CT molecular complexity index is 714. The highest BCUT2D eigenvalue weighted by molar-refractivity contribution is 7.92. The van der Waals surface area contributed by atoms with Gasteiger partial charge >= 0.3 is 0 Å². The van der Waals surface area contributed by atoms with E-state index in [-0.39, 0.29) is 5.69 Å². The zero-order valence-corrected chi connectivity index (χ0v) is 10.8. The van der Waals surface area contributed by atoms with Crippen LogP contribution in [0.25, 0.3) is 0 Å². The standard InChI is InChI=1S/C13H11F2NO2S/c1-9-6-7-10(14)8-12(9)16-19(17,18)13-5-3-2-4-11(13)15/h2-8,16H,1H3. The van der Waals surface area contributed by atoms with Gasteiger partial charge in [-0.25, -0.2) is 17.2 Å².